The average Bonchev–Trinajstić information content (AvgIpc) is 3.43. The van der Waals surface area contributed by atoms with E-state index >= 15 is 0 Å². The zero-order valence-corrected chi connectivity index (χ0v) is 18.1. The smallest absolute Gasteiger partial charge is 0.178 e. The van der Waals surface area contributed by atoms with Crippen molar-refractivity contribution >= 4 is 21.2 Å². The molecule has 6 nitrogen and oxygen atoms in total. The van der Waals surface area contributed by atoms with E-state index in [-0.39, 0.29) is 11.5 Å². The molecule has 4 rings (SSSR count). The number of ether oxygens (including phenoxy) is 1. The standard InChI is InChI=1S/C22H21N3O3S2/c1-28-19-11-6-5-10-18(19)25-21(23-24-22(25)20-12-7-14-29-20)16-30(26,27)15-13-17-8-3-2-4-9-17/h2-12,14H,13,15-16H2,1H3. The Bertz CT molecular complexity index is 1220. The molecular formula is C22H21N3O3S2. The number of aromatic nitrogens is 3. The fourth-order valence-corrected chi connectivity index (χ4v) is 5.20. The summed E-state index contributed by atoms with van der Waals surface area (Å²) in [5.74, 6) is 1.44. The van der Waals surface area contributed by atoms with Gasteiger partial charge < -0.3 is 4.74 Å². The zero-order chi connectivity index (χ0) is 21.0. The predicted molar refractivity (Wildman–Crippen MR) is 119 cm³/mol. The van der Waals surface area contributed by atoms with Crippen LogP contribution in [0.5, 0.6) is 5.75 Å². The molecule has 30 heavy (non-hydrogen) atoms. The molecule has 0 unspecified atom stereocenters. The summed E-state index contributed by atoms with van der Waals surface area (Å²) in [4.78, 5) is 0.904. The number of methoxy groups -OCH3 is 1. The summed E-state index contributed by atoms with van der Waals surface area (Å²) in [7, 11) is -1.81. The summed E-state index contributed by atoms with van der Waals surface area (Å²) in [6.07, 6.45) is 0.462. The Hall–Kier alpha value is -2.97. The highest BCUT2D eigenvalue weighted by Gasteiger charge is 2.23. The van der Waals surface area contributed by atoms with Crippen LogP contribution in [0.25, 0.3) is 16.4 Å². The number of hydrogen-bond donors (Lipinski definition) is 0. The van der Waals surface area contributed by atoms with Crippen LogP contribution in [0.15, 0.2) is 72.1 Å². The van der Waals surface area contributed by atoms with Crippen molar-refractivity contribution in [2.45, 2.75) is 12.2 Å². The largest absolute Gasteiger partial charge is 0.495 e. The number of para-hydroxylation sites is 2. The molecule has 2 aromatic carbocycles. The highest BCUT2D eigenvalue weighted by atomic mass is 32.2. The van der Waals surface area contributed by atoms with Crippen LogP contribution in [0.2, 0.25) is 0 Å². The molecule has 0 aliphatic rings. The third-order valence-corrected chi connectivity index (χ3v) is 7.08. The second kappa shape index (κ2) is 8.81. The van der Waals surface area contributed by atoms with Crippen molar-refractivity contribution in [3.8, 4) is 22.1 Å². The summed E-state index contributed by atoms with van der Waals surface area (Å²) >= 11 is 1.52. The summed E-state index contributed by atoms with van der Waals surface area (Å²) < 4.78 is 33.1. The first-order chi connectivity index (χ1) is 14.6. The number of rotatable bonds is 8. The molecule has 2 heterocycles. The highest BCUT2D eigenvalue weighted by Crippen LogP contribution is 2.31. The number of nitrogens with zero attached hydrogens (tertiary/aromatic N) is 3. The number of hydrogen-bond acceptors (Lipinski definition) is 6. The maximum Gasteiger partial charge on any atom is 0.178 e. The van der Waals surface area contributed by atoms with Crippen LogP contribution in [0.1, 0.15) is 11.4 Å². The zero-order valence-electron chi connectivity index (χ0n) is 16.4. The van der Waals surface area contributed by atoms with Gasteiger partial charge >= 0.3 is 0 Å². The fourth-order valence-electron chi connectivity index (χ4n) is 3.23. The van der Waals surface area contributed by atoms with Gasteiger partial charge in [0.2, 0.25) is 0 Å². The van der Waals surface area contributed by atoms with Gasteiger partial charge in [-0.3, -0.25) is 4.57 Å². The Morgan fingerprint density at radius 1 is 0.967 bits per heavy atom. The van der Waals surface area contributed by atoms with Crippen LogP contribution in [0, 0.1) is 0 Å². The molecule has 0 saturated carbocycles. The van der Waals surface area contributed by atoms with E-state index in [1.165, 1.54) is 11.3 Å². The SMILES string of the molecule is COc1ccccc1-n1c(CS(=O)(=O)CCc2ccccc2)nnc1-c1cccs1. The lowest BCUT2D eigenvalue weighted by Crippen LogP contribution is -2.15. The topological polar surface area (TPSA) is 74.1 Å². The predicted octanol–water partition coefficient (Wildman–Crippen LogP) is 4.16. The van der Waals surface area contributed by atoms with Gasteiger partial charge in [0.1, 0.15) is 11.5 Å². The molecule has 0 atom stereocenters. The number of thiophene rings is 1. The van der Waals surface area contributed by atoms with E-state index in [1.54, 1.807) is 11.7 Å². The Balaban J connectivity index is 1.70. The van der Waals surface area contributed by atoms with Crippen molar-refractivity contribution in [3.63, 3.8) is 0 Å². The molecule has 0 amide bonds. The Labute approximate surface area is 179 Å². The lowest BCUT2D eigenvalue weighted by Gasteiger charge is -2.13. The van der Waals surface area contributed by atoms with Gasteiger partial charge in [0.15, 0.2) is 21.5 Å². The van der Waals surface area contributed by atoms with E-state index < -0.39 is 9.84 Å². The van der Waals surface area contributed by atoms with Crippen molar-refractivity contribution in [2.75, 3.05) is 12.9 Å². The third kappa shape index (κ3) is 4.44. The van der Waals surface area contributed by atoms with Crippen LogP contribution < -0.4 is 4.74 Å². The van der Waals surface area contributed by atoms with Gasteiger partial charge in [-0.2, -0.15) is 0 Å². The van der Waals surface area contributed by atoms with Crippen molar-refractivity contribution in [3.05, 3.63) is 83.5 Å². The molecule has 0 spiro atoms. The molecule has 4 aromatic rings. The van der Waals surface area contributed by atoms with E-state index in [9.17, 15) is 8.42 Å². The second-order valence-electron chi connectivity index (χ2n) is 6.75. The van der Waals surface area contributed by atoms with Crippen LogP contribution >= 0.6 is 11.3 Å². The van der Waals surface area contributed by atoms with Gasteiger partial charge in [0, 0.05) is 0 Å². The van der Waals surface area contributed by atoms with Gasteiger partial charge in [0.05, 0.1) is 23.4 Å². The quantitative estimate of drug-likeness (QED) is 0.412. The van der Waals surface area contributed by atoms with Crippen LogP contribution in [0.3, 0.4) is 0 Å². The van der Waals surface area contributed by atoms with E-state index in [4.69, 9.17) is 4.74 Å². The summed E-state index contributed by atoms with van der Waals surface area (Å²) in [6, 6.07) is 20.9. The molecular weight excluding hydrogens is 418 g/mol. The molecule has 0 N–H and O–H groups in total. The molecule has 0 aliphatic heterocycles. The van der Waals surface area contributed by atoms with Gasteiger partial charge in [-0.05, 0) is 35.6 Å². The summed E-state index contributed by atoms with van der Waals surface area (Å²) in [5, 5.41) is 10.5. The summed E-state index contributed by atoms with van der Waals surface area (Å²) in [6.45, 7) is 0. The lowest BCUT2D eigenvalue weighted by atomic mass is 10.2. The Morgan fingerprint density at radius 2 is 1.73 bits per heavy atom. The first-order valence-corrected chi connectivity index (χ1v) is 12.1. The van der Waals surface area contributed by atoms with Gasteiger partial charge in [-0.25, -0.2) is 8.42 Å². The van der Waals surface area contributed by atoms with Crippen molar-refractivity contribution in [2.24, 2.45) is 0 Å². The van der Waals surface area contributed by atoms with E-state index in [2.05, 4.69) is 10.2 Å². The molecule has 2 aromatic heterocycles. The second-order valence-corrected chi connectivity index (χ2v) is 9.88. The Kier molecular flexibility index (Phi) is 5.96. The van der Waals surface area contributed by atoms with Crippen LogP contribution in [-0.4, -0.2) is 36.0 Å². The average molecular weight is 440 g/mol. The first kappa shape index (κ1) is 20.3. The van der Waals surface area contributed by atoms with Crippen LogP contribution in [0.4, 0.5) is 0 Å². The first-order valence-electron chi connectivity index (χ1n) is 9.43. The minimum Gasteiger partial charge on any atom is -0.495 e. The minimum atomic E-state index is -3.40. The lowest BCUT2D eigenvalue weighted by molar-refractivity contribution is 0.412. The van der Waals surface area contributed by atoms with E-state index in [0.29, 0.717) is 29.5 Å². The summed E-state index contributed by atoms with van der Waals surface area (Å²) in [5.41, 5.74) is 1.70. The van der Waals surface area contributed by atoms with Crippen molar-refractivity contribution < 1.29 is 13.2 Å². The number of benzene rings is 2. The molecule has 0 bridgehead atoms. The molecule has 0 saturated heterocycles. The maximum absolute atomic E-state index is 12.9. The van der Waals surface area contributed by atoms with E-state index in [1.807, 2.05) is 72.1 Å². The van der Waals surface area contributed by atoms with Crippen LogP contribution in [-0.2, 0) is 22.0 Å². The Morgan fingerprint density at radius 3 is 2.47 bits per heavy atom. The molecule has 154 valence electrons. The van der Waals surface area contributed by atoms with Gasteiger partial charge in [-0.15, -0.1) is 21.5 Å². The molecule has 0 aliphatic carbocycles. The van der Waals surface area contributed by atoms with Gasteiger partial charge in [-0.1, -0.05) is 48.5 Å². The van der Waals surface area contributed by atoms with Crippen molar-refractivity contribution in [1.82, 2.24) is 14.8 Å². The molecule has 8 heteroatoms. The monoisotopic (exact) mass is 439 g/mol. The third-order valence-electron chi connectivity index (χ3n) is 4.69. The maximum atomic E-state index is 12.9. The van der Waals surface area contributed by atoms with E-state index in [0.717, 1.165) is 10.4 Å². The fraction of sp³-hybridized carbons (Fsp3) is 0.182. The minimum absolute atomic E-state index is 0.0458. The van der Waals surface area contributed by atoms with Crippen molar-refractivity contribution in [1.29, 1.82) is 0 Å². The number of sulfone groups is 1. The molecule has 0 radical (unpaired) electrons. The number of aryl methyl sites for hydroxylation is 1. The molecule has 0 fully saturated rings. The van der Waals surface area contributed by atoms with Gasteiger partial charge in [0.25, 0.3) is 0 Å². The highest BCUT2D eigenvalue weighted by molar-refractivity contribution is 7.90. The normalized spacial score (nSPS) is 11.5.